The van der Waals surface area contributed by atoms with Gasteiger partial charge in [-0.2, -0.15) is 132 Å². The number of benzene rings is 5. The first-order valence-corrected chi connectivity index (χ1v) is 23.0. The lowest BCUT2D eigenvalue weighted by Crippen LogP contribution is -2.75. The van der Waals surface area contributed by atoms with Gasteiger partial charge in [0, 0.05) is 5.56 Å². The van der Waals surface area contributed by atoms with Gasteiger partial charge in [0.15, 0.2) is 12.7 Å². The Morgan fingerprint density at radius 2 is 0.684 bits per heavy atom. The van der Waals surface area contributed by atoms with Gasteiger partial charge in [-0.05, 0) is 30.7 Å². The van der Waals surface area contributed by atoms with E-state index in [2.05, 4.69) is 40.7 Å². The van der Waals surface area contributed by atoms with Crippen molar-refractivity contribution >= 4 is 28.0 Å². The maximum atomic E-state index is 14.2. The molecule has 0 aliphatic carbocycles. The van der Waals surface area contributed by atoms with Crippen LogP contribution < -0.4 is 31.2 Å². The van der Waals surface area contributed by atoms with Gasteiger partial charge in [-0.25, -0.2) is 4.98 Å². The predicted molar refractivity (Wildman–Crippen MR) is 239 cm³/mol. The van der Waals surface area contributed by atoms with Crippen molar-refractivity contribution in [1.29, 1.82) is 0 Å². The van der Waals surface area contributed by atoms with Crippen LogP contribution >= 0.6 is 0 Å². The molecule has 28 heteroatoms. The molecule has 0 amide bonds. The highest BCUT2D eigenvalue weighted by Gasteiger charge is 2.47. The van der Waals surface area contributed by atoms with Crippen LogP contribution in [0.15, 0.2) is 122 Å². The molecule has 6 aromatic rings. The van der Waals surface area contributed by atoms with Gasteiger partial charge in [0.1, 0.15) is 6.15 Å². The summed E-state index contributed by atoms with van der Waals surface area (Å²) in [6, 6.07) is 1.61. The van der Waals surface area contributed by atoms with Gasteiger partial charge in [-0.1, -0.05) is 118 Å². The lowest BCUT2D eigenvalue weighted by molar-refractivity contribution is -0.689. The van der Waals surface area contributed by atoms with E-state index in [0.717, 1.165) is 19.6 Å². The molecule has 0 radical (unpaired) electrons. The van der Waals surface area contributed by atoms with Crippen molar-refractivity contribution in [3.8, 4) is 5.88 Å². The van der Waals surface area contributed by atoms with Gasteiger partial charge in [-0.3, -0.25) is 0 Å². The Hall–Kier alpha value is -6.64. The Balaban J connectivity index is 0.000000433. The maximum Gasteiger partial charge on any atom is 0.416 e. The molecule has 0 fully saturated rings. The summed E-state index contributed by atoms with van der Waals surface area (Å²) in [6.45, 7) is 3.85. The number of hydrogen-bond acceptors (Lipinski definition) is 2. The molecule has 0 saturated carbocycles. The third kappa shape index (κ3) is 16.5. The first-order valence-electron chi connectivity index (χ1n) is 23.0. The van der Waals surface area contributed by atoms with Crippen LogP contribution in [0, 0.1) is 0 Å². The molecular formula is C51H39BF24N2O. The normalized spacial score (nSPS) is 13.3. The molecule has 79 heavy (non-hydrogen) atoms. The van der Waals surface area contributed by atoms with Crippen LogP contribution in [-0.4, -0.2) is 17.7 Å². The molecule has 0 atom stereocenters. The van der Waals surface area contributed by atoms with Gasteiger partial charge in [0.2, 0.25) is 6.20 Å². The molecule has 0 unspecified atom stereocenters. The summed E-state index contributed by atoms with van der Waals surface area (Å²) in [5, 5.41) is 0. The number of unbranched alkanes of at least 4 members (excludes halogenated alkanes) is 5. The van der Waals surface area contributed by atoms with Gasteiger partial charge in [0.05, 0.1) is 57.3 Å². The second-order valence-electron chi connectivity index (χ2n) is 17.9. The van der Waals surface area contributed by atoms with Crippen LogP contribution in [0.4, 0.5) is 105 Å². The SMILES string of the molecule is CCCCCCCCOc1c[n+](Cc2ccccc2)ccn1.FC(F)(F)c1cc([B-](c2cc(C(F)(F)F)cc(C(F)(F)F)c2)(c2cc(C(F)(F)F)cc(C(F)(F)F)c2)c2cc(C(F)(F)F)cc(C(F)(F)F)c2)cc(C(F)(F)F)c1. The number of halogens is 24. The van der Waals surface area contributed by atoms with E-state index in [4.69, 9.17) is 4.74 Å². The summed E-state index contributed by atoms with van der Waals surface area (Å²) in [5.41, 5.74) is -28.9. The van der Waals surface area contributed by atoms with Crippen LogP contribution in [0.5, 0.6) is 5.88 Å². The third-order valence-electron chi connectivity index (χ3n) is 12.1. The van der Waals surface area contributed by atoms with Crippen molar-refractivity contribution < 1.29 is 115 Å². The minimum Gasteiger partial charge on any atom is -0.473 e. The zero-order chi connectivity index (χ0) is 59.4. The largest absolute Gasteiger partial charge is 0.473 e. The fraction of sp³-hybridized carbons (Fsp3) is 0.333. The molecule has 1 heterocycles. The Bertz CT molecular complexity index is 2570. The summed E-state index contributed by atoms with van der Waals surface area (Å²) in [4.78, 5) is 4.29. The van der Waals surface area contributed by atoms with Crippen molar-refractivity contribution in [3.63, 3.8) is 0 Å². The summed E-state index contributed by atoms with van der Waals surface area (Å²) >= 11 is 0. The second-order valence-corrected chi connectivity index (χ2v) is 17.9. The van der Waals surface area contributed by atoms with E-state index in [9.17, 15) is 105 Å². The monoisotopic (exact) mass is 1160 g/mol. The number of hydrogen-bond donors (Lipinski definition) is 0. The van der Waals surface area contributed by atoms with E-state index in [1.54, 1.807) is 6.20 Å². The van der Waals surface area contributed by atoms with Crippen LogP contribution in [0.3, 0.4) is 0 Å². The molecule has 0 aliphatic heterocycles. The van der Waals surface area contributed by atoms with Crippen LogP contribution in [0.25, 0.3) is 0 Å². The number of nitrogens with zero attached hydrogens (tertiary/aromatic N) is 2. The van der Waals surface area contributed by atoms with Crippen LogP contribution in [0.1, 0.15) is 95.5 Å². The summed E-state index contributed by atoms with van der Waals surface area (Å²) < 4.78 is 349. The lowest BCUT2D eigenvalue weighted by Gasteiger charge is -2.46. The van der Waals surface area contributed by atoms with E-state index in [1.165, 1.54) is 37.7 Å². The Morgan fingerprint density at radius 3 is 0.975 bits per heavy atom. The van der Waals surface area contributed by atoms with E-state index in [0.29, 0.717) is 5.88 Å². The highest BCUT2D eigenvalue weighted by Crippen LogP contribution is 2.41. The van der Waals surface area contributed by atoms with Gasteiger partial charge >= 0.3 is 49.4 Å². The highest BCUT2D eigenvalue weighted by atomic mass is 19.4. The lowest BCUT2D eigenvalue weighted by atomic mass is 9.12. The van der Waals surface area contributed by atoms with Gasteiger partial charge < -0.3 is 4.74 Å². The minimum absolute atomic E-state index is 0.691. The topological polar surface area (TPSA) is 26.0 Å². The van der Waals surface area contributed by atoms with E-state index >= 15 is 0 Å². The fourth-order valence-corrected chi connectivity index (χ4v) is 8.51. The average molecular weight is 1160 g/mol. The van der Waals surface area contributed by atoms with Gasteiger partial charge in [-0.15, -0.1) is 0 Å². The highest BCUT2D eigenvalue weighted by molar-refractivity contribution is 7.20. The quantitative estimate of drug-likeness (QED) is 0.0470. The predicted octanol–water partition coefficient (Wildman–Crippen LogP) is 15.4. The summed E-state index contributed by atoms with van der Waals surface area (Å²) in [7, 11) is 0. The molecule has 0 N–H and O–H groups in total. The van der Waals surface area contributed by atoms with Crippen molar-refractivity contribution in [2.45, 2.75) is 101 Å². The van der Waals surface area contributed by atoms with Crippen molar-refractivity contribution in [2.24, 2.45) is 0 Å². The van der Waals surface area contributed by atoms with Gasteiger partial charge in [0.25, 0.3) is 5.88 Å². The molecule has 6 rings (SSSR count). The van der Waals surface area contributed by atoms with Crippen LogP contribution in [-0.2, 0) is 56.0 Å². The number of rotatable bonds is 14. The molecule has 0 spiro atoms. The maximum absolute atomic E-state index is 14.2. The first kappa shape index (κ1) is 63.2. The Kier molecular flexibility index (Phi) is 18.9. The Labute approximate surface area is 432 Å². The molecular weight excluding hydrogens is 1120 g/mol. The summed E-state index contributed by atoms with van der Waals surface area (Å²) in [6.07, 6.45) is -41.4. The zero-order valence-corrected chi connectivity index (χ0v) is 40.2. The first-order chi connectivity index (χ1) is 36.1. The van der Waals surface area contributed by atoms with Crippen molar-refractivity contribution in [3.05, 3.63) is 172 Å². The fourth-order valence-electron chi connectivity index (χ4n) is 8.51. The Morgan fingerprint density at radius 1 is 0.392 bits per heavy atom. The third-order valence-corrected chi connectivity index (χ3v) is 12.1. The molecule has 0 saturated heterocycles. The summed E-state index contributed by atoms with van der Waals surface area (Å²) in [5.74, 6) is 0.715. The van der Waals surface area contributed by atoms with Crippen molar-refractivity contribution in [2.75, 3.05) is 6.61 Å². The van der Waals surface area contributed by atoms with E-state index < -0.39 is 195 Å². The van der Waals surface area contributed by atoms with Crippen LogP contribution in [0.2, 0.25) is 0 Å². The molecule has 3 nitrogen and oxygen atoms in total. The molecule has 430 valence electrons. The molecule has 1 aromatic heterocycles. The zero-order valence-electron chi connectivity index (χ0n) is 40.2. The molecule has 0 bridgehead atoms. The number of ether oxygens (including phenoxy) is 1. The standard InChI is InChI=1S/C32H12BF24.C19H27N2O/c34-25(35,36)13-1-14(26(37,38)39)6-21(5-13)33(22-7-15(27(40,41)42)2-16(8-22)28(43,44)45,23-9-17(29(46,47)48)3-18(10-23)30(49,50)51)24-11-19(31(52,53)54)4-20(12-24)32(55,56)57;1-2-3-4-5-6-10-15-22-19-17-21(14-13-20-19)16-18-11-8-7-9-12-18/h1-12H;7-9,11-14,17H,2-6,10,15-16H2,1H3/q-1;+1. The van der Waals surface area contributed by atoms with E-state index in [1.807, 2.05) is 18.5 Å². The second kappa shape index (κ2) is 23.6. The number of alkyl halides is 24. The molecule has 0 aliphatic rings. The van der Waals surface area contributed by atoms with Crippen molar-refractivity contribution in [1.82, 2.24) is 4.98 Å². The van der Waals surface area contributed by atoms with E-state index in [-0.39, 0.29) is 0 Å². The smallest absolute Gasteiger partial charge is 0.416 e. The average Bonchev–Trinajstić information content (AvgIpc) is 3.32. The molecule has 5 aromatic carbocycles. The number of aromatic nitrogens is 2. The minimum atomic E-state index is -6.13.